The molecule has 6 nitrogen and oxygen atoms in total. The lowest BCUT2D eigenvalue weighted by Crippen LogP contribution is -2.43. The Hall–Kier alpha value is -2.54. The van der Waals surface area contributed by atoms with Crippen LogP contribution < -0.4 is 10.5 Å². The summed E-state index contributed by atoms with van der Waals surface area (Å²) >= 11 is 0. The van der Waals surface area contributed by atoms with Gasteiger partial charge in [0.1, 0.15) is 12.4 Å². The van der Waals surface area contributed by atoms with E-state index in [-0.39, 0.29) is 18.9 Å². The van der Waals surface area contributed by atoms with Crippen molar-refractivity contribution in [2.24, 2.45) is 5.73 Å². The summed E-state index contributed by atoms with van der Waals surface area (Å²) in [6, 6.07) is 16.5. The highest BCUT2D eigenvalue weighted by molar-refractivity contribution is 7.88. The first-order valence-electron chi connectivity index (χ1n) is 7.00. The molecule has 2 aromatic carbocycles. The van der Waals surface area contributed by atoms with Crippen molar-refractivity contribution in [3.63, 3.8) is 0 Å². The number of sulfonamides is 1. The molecule has 2 amide bonds. The van der Waals surface area contributed by atoms with E-state index in [1.807, 2.05) is 6.07 Å². The van der Waals surface area contributed by atoms with E-state index >= 15 is 0 Å². The van der Waals surface area contributed by atoms with E-state index in [9.17, 15) is 13.2 Å². The lowest BCUT2D eigenvalue weighted by atomic mass is 10.2. The molecule has 7 heteroatoms. The molecule has 0 bridgehead atoms. The van der Waals surface area contributed by atoms with Crippen LogP contribution in [0.5, 0.6) is 5.75 Å². The molecule has 2 rings (SSSR count). The van der Waals surface area contributed by atoms with Gasteiger partial charge in [0, 0.05) is 0 Å². The summed E-state index contributed by atoms with van der Waals surface area (Å²) in [4.78, 5) is 11.5. The van der Waals surface area contributed by atoms with Crippen LogP contribution in [-0.4, -0.2) is 31.9 Å². The summed E-state index contributed by atoms with van der Waals surface area (Å²) in [7, 11) is -3.85. The highest BCUT2D eigenvalue weighted by Gasteiger charge is 2.25. The molecule has 0 saturated heterocycles. The summed E-state index contributed by atoms with van der Waals surface area (Å²) < 4.78 is 30.8. The molecule has 0 heterocycles. The minimum Gasteiger partial charge on any atom is -0.492 e. The molecule has 0 aliphatic carbocycles. The van der Waals surface area contributed by atoms with Crippen LogP contribution in [0.2, 0.25) is 0 Å². The van der Waals surface area contributed by atoms with Crippen molar-refractivity contribution in [1.29, 1.82) is 0 Å². The number of hydrogen-bond acceptors (Lipinski definition) is 4. The Balaban J connectivity index is 2.01. The molecule has 2 aromatic rings. The van der Waals surface area contributed by atoms with E-state index in [4.69, 9.17) is 10.5 Å². The van der Waals surface area contributed by atoms with Crippen molar-refractivity contribution in [3.8, 4) is 5.75 Å². The molecule has 0 aliphatic heterocycles. The smallest absolute Gasteiger partial charge is 0.328 e. The first kappa shape index (κ1) is 16.8. The Bertz CT molecular complexity index is 733. The molecule has 0 fully saturated rings. The third-order valence-electron chi connectivity index (χ3n) is 3.08. The number of hydrogen-bond donors (Lipinski definition) is 1. The third kappa shape index (κ3) is 5.00. The first-order chi connectivity index (χ1) is 11.0. The number of para-hydroxylation sites is 1. The van der Waals surface area contributed by atoms with Gasteiger partial charge in [-0.05, 0) is 17.7 Å². The largest absolute Gasteiger partial charge is 0.492 e. The van der Waals surface area contributed by atoms with E-state index in [0.717, 1.165) is 0 Å². The van der Waals surface area contributed by atoms with Crippen LogP contribution in [0.4, 0.5) is 4.79 Å². The van der Waals surface area contributed by atoms with Crippen molar-refractivity contribution in [2.75, 3.05) is 13.2 Å². The van der Waals surface area contributed by atoms with Gasteiger partial charge in [-0.25, -0.2) is 17.5 Å². The van der Waals surface area contributed by atoms with Gasteiger partial charge in [-0.1, -0.05) is 48.5 Å². The lowest BCUT2D eigenvalue weighted by Gasteiger charge is -2.20. The van der Waals surface area contributed by atoms with Gasteiger partial charge in [0.15, 0.2) is 0 Å². The van der Waals surface area contributed by atoms with Crippen molar-refractivity contribution in [3.05, 3.63) is 66.2 Å². The van der Waals surface area contributed by atoms with E-state index in [0.29, 0.717) is 15.6 Å². The second kappa shape index (κ2) is 7.64. The third-order valence-corrected chi connectivity index (χ3v) is 4.81. The molecule has 2 N–H and O–H groups in total. The number of rotatable bonds is 7. The number of primary amides is 1. The van der Waals surface area contributed by atoms with Gasteiger partial charge in [0.25, 0.3) is 0 Å². The van der Waals surface area contributed by atoms with Crippen LogP contribution in [-0.2, 0) is 15.8 Å². The Morgan fingerprint density at radius 1 is 1.00 bits per heavy atom. The first-order valence-corrected chi connectivity index (χ1v) is 8.61. The van der Waals surface area contributed by atoms with E-state index in [2.05, 4.69) is 0 Å². The number of benzene rings is 2. The minimum absolute atomic E-state index is 0.0287. The number of urea groups is 1. The van der Waals surface area contributed by atoms with Gasteiger partial charge in [-0.3, -0.25) is 0 Å². The molecule has 122 valence electrons. The topological polar surface area (TPSA) is 89.7 Å². The molecule has 0 spiro atoms. The normalized spacial score (nSPS) is 11.0. The molecule has 0 atom stereocenters. The zero-order valence-electron chi connectivity index (χ0n) is 12.5. The van der Waals surface area contributed by atoms with Crippen LogP contribution >= 0.6 is 0 Å². The number of ether oxygens (including phenoxy) is 1. The van der Waals surface area contributed by atoms with Gasteiger partial charge in [0.05, 0.1) is 12.3 Å². The molecule has 0 unspecified atom stereocenters. The maximum absolute atomic E-state index is 12.4. The zero-order valence-corrected chi connectivity index (χ0v) is 13.3. The van der Waals surface area contributed by atoms with Crippen molar-refractivity contribution < 1.29 is 17.9 Å². The number of nitrogens with two attached hydrogens (primary N) is 1. The zero-order chi connectivity index (χ0) is 16.7. The summed E-state index contributed by atoms with van der Waals surface area (Å²) in [5, 5.41) is 0. The maximum Gasteiger partial charge on any atom is 0.328 e. The average Bonchev–Trinajstić information content (AvgIpc) is 2.52. The molecule has 0 aromatic heterocycles. The fourth-order valence-electron chi connectivity index (χ4n) is 2.01. The highest BCUT2D eigenvalue weighted by atomic mass is 32.2. The monoisotopic (exact) mass is 334 g/mol. The Kier molecular flexibility index (Phi) is 5.59. The van der Waals surface area contributed by atoms with Crippen LogP contribution in [0.25, 0.3) is 0 Å². The van der Waals surface area contributed by atoms with Crippen molar-refractivity contribution >= 4 is 16.1 Å². The number of nitrogens with zero attached hydrogens (tertiary/aromatic N) is 1. The van der Waals surface area contributed by atoms with Gasteiger partial charge in [-0.2, -0.15) is 0 Å². The summed E-state index contributed by atoms with van der Waals surface area (Å²) in [5.74, 6) is 0.305. The highest BCUT2D eigenvalue weighted by Crippen LogP contribution is 2.12. The number of amides is 2. The molecule has 0 aliphatic rings. The average molecular weight is 334 g/mol. The van der Waals surface area contributed by atoms with Crippen molar-refractivity contribution in [1.82, 2.24) is 4.31 Å². The predicted octanol–water partition coefficient (Wildman–Crippen LogP) is 1.98. The van der Waals surface area contributed by atoms with Crippen LogP contribution in [0.15, 0.2) is 60.7 Å². The standard InChI is InChI=1S/C16H18N2O4S/c17-16(19)18(11-12-22-15-9-5-2-6-10-15)23(20,21)13-14-7-3-1-4-8-14/h1-10H,11-13H2,(H2,17,19). The van der Waals surface area contributed by atoms with Crippen LogP contribution in [0, 0.1) is 0 Å². The van der Waals surface area contributed by atoms with E-state index in [1.54, 1.807) is 54.6 Å². The molecule has 0 radical (unpaired) electrons. The Labute approximate surface area is 135 Å². The minimum atomic E-state index is -3.85. The fraction of sp³-hybridized carbons (Fsp3) is 0.188. The second-order valence-electron chi connectivity index (χ2n) is 4.81. The van der Waals surface area contributed by atoms with Crippen molar-refractivity contribution in [2.45, 2.75) is 5.75 Å². The molecule has 23 heavy (non-hydrogen) atoms. The molecule has 0 saturated carbocycles. The Morgan fingerprint density at radius 3 is 2.13 bits per heavy atom. The van der Waals surface area contributed by atoms with E-state index in [1.165, 1.54) is 0 Å². The fourth-order valence-corrected chi connectivity index (χ4v) is 3.41. The maximum atomic E-state index is 12.4. The van der Waals surface area contributed by atoms with Gasteiger partial charge in [-0.15, -0.1) is 0 Å². The second-order valence-corrected chi connectivity index (χ2v) is 6.71. The summed E-state index contributed by atoms with van der Waals surface area (Å²) in [5.41, 5.74) is 5.79. The molecular formula is C16H18N2O4S. The molecular weight excluding hydrogens is 316 g/mol. The lowest BCUT2D eigenvalue weighted by molar-refractivity contribution is 0.221. The number of carbonyl (C=O) groups excluding carboxylic acids is 1. The summed E-state index contributed by atoms with van der Waals surface area (Å²) in [6.07, 6.45) is 0. The van der Waals surface area contributed by atoms with Gasteiger partial charge >= 0.3 is 6.03 Å². The van der Waals surface area contributed by atoms with Gasteiger partial charge < -0.3 is 10.5 Å². The Morgan fingerprint density at radius 2 is 1.57 bits per heavy atom. The summed E-state index contributed by atoms with van der Waals surface area (Å²) in [6.45, 7) is -0.111. The number of carbonyl (C=O) groups is 1. The SMILES string of the molecule is NC(=O)N(CCOc1ccccc1)S(=O)(=O)Cc1ccccc1. The quantitative estimate of drug-likeness (QED) is 0.838. The van der Waals surface area contributed by atoms with E-state index < -0.39 is 16.1 Å². The van der Waals surface area contributed by atoms with Gasteiger partial charge in [0.2, 0.25) is 10.0 Å². The predicted molar refractivity (Wildman–Crippen MR) is 87.3 cm³/mol. The van der Waals surface area contributed by atoms with Crippen LogP contribution in [0.1, 0.15) is 5.56 Å². The van der Waals surface area contributed by atoms with Crippen LogP contribution in [0.3, 0.4) is 0 Å².